The fourth-order valence-electron chi connectivity index (χ4n) is 2.31. The molecule has 0 radical (unpaired) electrons. The molecule has 1 aliphatic carbocycles. The highest BCUT2D eigenvalue weighted by molar-refractivity contribution is 5.87. The van der Waals surface area contributed by atoms with Gasteiger partial charge in [-0.3, -0.25) is 9.48 Å². The molecule has 0 amide bonds. The van der Waals surface area contributed by atoms with Crippen molar-refractivity contribution in [3.05, 3.63) is 18.0 Å². The highest BCUT2D eigenvalue weighted by Crippen LogP contribution is 2.41. The molecule has 0 bridgehead atoms. The summed E-state index contributed by atoms with van der Waals surface area (Å²) >= 11 is 0. The molecule has 17 heavy (non-hydrogen) atoms. The first kappa shape index (κ1) is 12.3. The number of carbonyl (C=O) groups is 1. The zero-order valence-corrected chi connectivity index (χ0v) is 10.6. The average Bonchev–Trinajstić information content (AvgIpc) is 2.65. The fourth-order valence-corrected chi connectivity index (χ4v) is 2.31. The minimum Gasteiger partial charge on any atom is -0.329 e. The van der Waals surface area contributed by atoms with Crippen molar-refractivity contribution in [1.29, 1.82) is 0 Å². The minimum atomic E-state index is -0.235. The molecule has 1 aliphatic rings. The molecule has 4 nitrogen and oxygen atoms in total. The van der Waals surface area contributed by atoms with Crippen molar-refractivity contribution in [2.24, 2.45) is 11.1 Å². The summed E-state index contributed by atoms with van der Waals surface area (Å²) in [5.41, 5.74) is 6.36. The van der Waals surface area contributed by atoms with E-state index in [2.05, 4.69) is 18.9 Å². The van der Waals surface area contributed by atoms with Crippen LogP contribution in [0.2, 0.25) is 0 Å². The Kier molecular flexibility index (Phi) is 3.33. The molecule has 0 saturated heterocycles. The van der Waals surface area contributed by atoms with Crippen molar-refractivity contribution < 1.29 is 4.79 Å². The summed E-state index contributed by atoms with van der Waals surface area (Å²) in [6.45, 7) is 4.63. The van der Waals surface area contributed by atoms with Gasteiger partial charge in [0, 0.05) is 24.2 Å². The van der Waals surface area contributed by atoms with Crippen LogP contribution in [0.25, 0.3) is 0 Å². The first-order chi connectivity index (χ1) is 8.07. The van der Waals surface area contributed by atoms with Crippen LogP contribution in [-0.4, -0.2) is 22.1 Å². The van der Waals surface area contributed by atoms with Gasteiger partial charge in [0.05, 0.1) is 12.1 Å². The van der Waals surface area contributed by atoms with E-state index in [9.17, 15) is 4.79 Å². The Hall–Kier alpha value is -1.16. The number of rotatable bonds is 5. The maximum atomic E-state index is 12.2. The van der Waals surface area contributed by atoms with Gasteiger partial charge in [-0.2, -0.15) is 5.10 Å². The number of nitrogens with zero attached hydrogens (tertiary/aromatic N) is 2. The first-order valence-corrected chi connectivity index (χ1v) is 6.35. The van der Waals surface area contributed by atoms with E-state index in [-0.39, 0.29) is 11.2 Å². The molecule has 1 aromatic heterocycles. The van der Waals surface area contributed by atoms with Crippen molar-refractivity contribution >= 4 is 5.78 Å². The van der Waals surface area contributed by atoms with Gasteiger partial charge in [0.15, 0.2) is 0 Å². The van der Waals surface area contributed by atoms with Crippen LogP contribution in [0.1, 0.15) is 44.8 Å². The molecular formula is C13H21N3O. The number of hydrogen-bond donors (Lipinski definition) is 1. The van der Waals surface area contributed by atoms with Crippen molar-refractivity contribution in [3.8, 4) is 0 Å². The summed E-state index contributed by atoms with van der Waals surface area (Å²) < 4.78 is 1.89. The fraction of sp³-hybridized carbons (Fsp3) is 0.692. The van der Waals surface area contributed by atoms with Crippen LogP contribution in [0, 0.1) is 5.41 Å². The Morgan fingerprint density at radius 3 is 2.71 bits per heavy atom. The zero-order chi connectivity index (χ0) is 12.5. The van der Waals surface area contributed by atoms with Crippen LogP contribution in [0.5, 0.6) is 0 Å². The highest BCUT2D eigenvalue weighted by atomic mass is 16.1. The summed E-state index contributed by atoms with van der Waals surface area (Å²) in [7, 11) is 0. The second kappa shape index (κ2) is 4.61. The van der Waals surface area contributed by atoms with Gasteiger partial charge in [-0.1, -0.05) is 6.42 Å². The van der Waals surface area contributed by atoms with Gasteiger partial charge in [-0.25, -0.2) is 0 Å². The topological polar surface area (TPSA) is 60.9 Å². The van der Waals surface area contributed by atoms with Crippen LogP contribution >= 0.6 is 0 Å². The number of Topliss-reactive ketones (excluding diaryl/α,β-unsaturated/α-hetero) is 1. The van der Waals surface area contributed by atoms with E-state index in [0.29, 0.717) is 19.0 Å². The molecule has 0 aliphatic heterocycles. The third kappa shape index (κ3) is 2.27. The number of aromatic nitrogens is 2. The van der Waals surface area contributed by atoms with Gasteiger partial charge in [0.25, 0.3) is 0 Å². The standard InChI is InChI=1S/C13H21N3O/c1-10(2)16-7-4-11(15-16)8-12(17)13(9-14)5-3-6-13/h4,7,10H,3,5-6,8-9,14H2,1-2H3. The lowest BCUT2D eigenvalue weighted by molar-refractivity contribution is -0.132. The molecular weight excluding hydrogens is 214 g/mol. The summed E-state index contributed by atoms with van der Waals surface area (Å²) in [5, 5.41) is 4.41. The van der Waals surface area contributed by atoms with Crippen LogP contribution in [-0.2, 0) is 11.2 Å². The second-order valence-corrected chi connectivity index (χ2v) is 5.32. The Bertz CT molecular complexity index is 399. The third-order valence-electron chi connectivity index (χ3n) is 3.83. The average molecular weight is 235 g/mol. The second-order valence-electron chi connectivity index (χ2n) is 5.32. The number of hydrogen-bond acceptors (Lipinski definition) is 3. The van der Waals surface area contributed by atoms with Gasteiger partial charge in [0.2, 0.25) is 0 Å². The summed E-state index contributed by atoms with van der Waals surface area (Å²) in [6, 6.07) is 2.27. The summed E-state index contributed by atoms with van der Waals surface area (Å²) in [4.78, 5) is 12.2. The van der Waals surface area contributed by atoms with E-state index >= 15 is 0 Å². The van der Waals surface area contributed by atoms with Gasteiger partial charge in [-0.05, 0) is 32.8 Å². The maximum absolute atomic E-state index is 12.2. The molecule has 2 rings (SSSR count). The lowest BCUT2D eigenvalue weighted by Crippen LogP contribution is -2.45. The predicted molar refractivity (Wildman–Crippen MR) is 66.7 cm³/mol. The first-order valence-electron chi connectivity index (χ1n) is 6.35. The summed E-state index contributed by atoms with van der Waals surface area (Å²) in [6.07, 6.45) is 5.39. The van der Waals surface area contributed by atoms with E-state index < -0.39 is 0 Å². The Labute approximate surface area is 102 Å². The SMILES string of the molecule is CC(C)n1ccc(CC(=O)C2(CN)CCC2)n1. The smallest absolute Gasteiger partial charge is 0.146 e. The molecule has 0 aromatic carbocycles. The van der Waals surface area contributed by atoms with E-state index in [1.54, 1.807) is 0 Å². The molecule has 1 fully saturated rings. The van der Waals surface area contributed by atoms with E-state index in [1.165, 1.54) is 0 Å². The molecule has 1 saturated carbocycles. The van der Waals surface area contributed by atoms with E-state index in [1.807, 2.05) is 16.9 Å². The van der Waals surface area contributed by atoms with E-state index in [0.717, 1.165) is 25.0 Å². The molecule has 4 heteroatoms. The van der Waals surface area contributed by atoms with Crippen molar-refractivity contribution in [3.63, 3.8) is 0 Å². The molecule has 0 atom stereocenters. The van der Waals surface area contributed by atoms with Gasteiger partial charge >= 0.3 is 0 Å². The largest absolute Gasteiger partial charge is 0.329 e. The van der Waals surface area contributed by atoms with Crippen LogP contribution in [0.4, 0.5) is 0 Å². The molecule has 2 N–H and O–H groups in total. The van der Waals surface area contributed by atoms with Crippen molar-refractivity contribution in [2.75, 3.05) is 6.54 Å². The predicted octanol–water partition coefficient (Wildman–Crippen LogP) is 1.70. The quantitative estimate of drug-likeness (QED) is 0.845. The molecule has 0 unspecified atom stereocenters. The number of carbonyl (C=O) groups excluding carboxylic acids is 1. The van der Waals surface area contributed by atoms with Crippen LogP contribution in [0.3, 0.4) is 0 Å². The number of ketones is 1. The monoisotopic (exact) mass is 235 g/mol. The van der Waals surface area contributed by atoms with E-state index in [4.69, 9.17) is 5.73 Å². The van der Waals surface area contributed by atoms with Crippen LogP contribution < -0.4 is 5.73 Å². The number of nitrogens with two attached hydrogens (primary N) is 1. The Morgan fingerprint density at radius 1 is 1.59 bits per heavy atom. The van der Waals surface area contributed by atoms with Crippen molar-refractivity contribution in [1.82, 2.24) is 9.78 Å². The normalized spacial score (nSPS) is 18.1. The Balaban J connectivity index is 2.02. The Morgan fingerprint density at radius 2 is 2.29 bits per heavy atom. The van der Waals surface area contributed by atoms with Gasteiger partial charge in [-0.15, -0.1) is 0 Å². The third-order valence-corrected chi connectivity index (χ3v) is 3.83. The van der Waals surface area contributed by atoms with Crippen molar-refractivity contribution in [2.45, 2.75) is 45.6 Å². The maximum Gasteiger partial charge on any atom is 0.146 e. The lowest BCUT2D eigenvalue weighted by Gasteiger charge is -2.39. The molecule has 94 valence electrons. The molecule has 1 heterocycles. The minimum absolute atomic E-state index is 0.235. The van der Waals surface area contributed by atoms with Crippen LogP contribution in [0.15, 0.2) is 12.3 Å². The van der Waals surface area contributed by atoms with Gasteiger partial charge in [0.1, 0.15) is 5.78 Å². The zero-order valence-electron chi connectivity index (χ0n) is 10.6. The molecule has 1 aromatic rings. The molecule has 0 spiro atoms. The lowest BCUT2D eigenvalue weighted by atomic mass is 9.65. The van der Waals surface area contributed by atoms with Gasteiger partial charge < -0.3 is 5.73 Å². The summed E-state index contributed by atoms with van der Waals surface area (Å²) in [5.74, 6) is 0.264. The highest BCUT2D eigenvalue weighted by Gasteiger charge is 2.42.